The molecule has 0 N–H and O–H groups in total. The van der Waals surface area contributed by atoms with Crippen LogP contribution in [0.1, 0.15) is 27.9 Å². The van der Waals surface area contributed by atoms with E-state index in [1.165, 1.54) is 0 Å². The van der Waals surface area contributed by atoms with Crippen molar-refractivity contribution in [1.82, 2.24) is 0 Å². The number of carbonyl (C=O) groups excluding carboxylic acids is 1. The van der Waals surface area contributed by atoms with Gasteiger partial charge in [-0.2, -0.15) is 0 Å². The standard InChI is InChI=1S/C17H13BrClNO3/c1-22-15-9-7-12(18)10-6-8-14(16(10)15)20-23-17(21)11-4-2-3-5-13(11)19/h2-5,7,9H,6,8H2,1H3/b20-14+. The molecular formula is C17H13BrClNO3. The number of fused-ring (bicyclic) bond motifs is 1. The fraction of sp³-hybridized carbons (Fsp3) is 0.176. The fourth-order valence-corrected chi connectivity index (χ4v) is 3.31. The van der Waals surface area contributed by atoms with E-state index in [0.29, 0.717) is 22.9 Å². The third-order valence-electron chi connectivity index (χ3n) is 3.67. The third kappa shape index (κ3) is 3.12. The highest BCUT2D eigenvalue weighted by Crippen LogP contribution is 2.36. The van der Waals surface area contributed by atoms with Crippen LogP contribution in [0.25, 0.3) is 0 Å². The average molecular weight is 395 g/mol. The summed E-state index contributed by atoms with van der Waals surface area (Å²) in [5.74, 6) is 0.138. The van der Waals surface area contributed by atoms with E-state index in [1.54, 1.807) is 31.4 Å². The summed E-state index contributed by atoms with van der Waals surface area (Å²) in [7, 11) is 1.61. The molecule has 0 amide bonds. The van der Waals surface area contributed by atoms with Crippen LogP contribution in [0.2, 0.25) is 5.02 Å². The van der Waals surface area contributed by atoms with E-state index in [0.717, 1.165) is 22.0 Å². The summed E-state index contributed by atoms with van der Waals surface area (Å²) in [5.41, 5.74) is 2.97. The molecule has 0 saturated heterocycles. The Morgan fingerprint density at radius 2 is 2.00 bits per heavy atom. The molecule has 0 heterocycles. The van der Waals surface area contributed by atoms with Crippen LogP contribution in [0.4, 0.5) is 0 Å². The molecule has 0 unspecified atom stereocenters. The van der Waals surface area contributed by atoms with Crippen LogP contribution in [0.15, 0.2) is 46.0 Å². The van der Waals surface area contributed by atoms with E-state index in [1.807, 2.05) is 12.1 Å². The van der Waals surface area contributed by atoms with Crippen molar-refractivity contribution >= 4 is 39.2 Å². The summed E-state index contributed by atoms with van der Waals surface area (Å²) >= 11 is 9.52. The minimum Gasteiger partial charge on any atom is -0.496 e. The molecule has 23 heavy (non-hydrogen) atoms. The second-order valence-corrected chi connectivity index (χ2v) is 6.26. The topological polar surface area (TPSA) is 47.9 Å². The highest BCUT2D eigenvalue weighted by atomic mass is 79.9. The van der Waals surface area contributed by atoms with Crippen LogP contribution in [0.5, 0.6) is 5.75 Å². The van der Waals surface area contributed by atoms with E-state index < -0.39 is 5.97 Å². The van der Waals surface area contributed by atoms with Crippen molar-refractivity contribution in [3.8, 4) is 5.75 Å². The van der Waals surface area contributed by atoms with Gasteiger partial charge in [-0.25, -0.2) is 4.79 Å². The van der Waals surface area contributed by atoms with Gasteiger partial charge in [0.2, 0.25) is 0 Å². The summed E-state index contributed by atoms with van der Waals surface area (Å²) in [6.45, 7) is 0. The van der Waals surface area contributed by atoms with Gasteiger partial charge in [0.1, 0.15) is 5.75 Å². The van der Waals surface area contributed by atoms with E-state index >= 15 is 0 Å². The smallest absolute Gasteiger partial charge is 0.367 e. The quantitative estimate of drug-likeness (QED) is 0.564. The molecule has 0 bridgehead atoms. The Bertz CT molecular complexity index is 804. The summed E-state index contributed by atoms with van der Waals surface area (Å²) in [5, 5.41) is 4.38. The van der Waals surface area contributed by atoms with Crippen molar-refractivity contribution < 1.29 is 14.4 Å². The Hall–Kier alpha value is -1.85. The second kappa shape index (κ2) is 6.72. The van der Waals surface area contributed by atoms with E-state index in [4.69, 9.17) is 21.2 Å². The van der Waals surface area contributed by atoms with Crippen LogP contribution in [-0.4, -0.2) is 18.8 Å². The molecule has 0 fully saturated rings. The lowest BCUT2D eigenvalue weighted by Crippen LogP contribution is -2.05. The number of hydrogen-bond acceptors (Lipinski definition) is 4. The number of oxime groups is 1. The molecule has 0 radical (unpaired) electrons. The zero-order valence-corrected chi connectivity index (χ0v) is 14.6. The van der Waals surface area contributed by atoms with Gasteiger partial charge in [0, 0.05) is 10.0 Å². The van der Waals surface area contributed by atoms with Gasteiger partial charge in [-0.05, 0) is 42.7 Å². The van der Waals surface area contributed by atoms with Crippen molar-refractivity contribution in [1.29, 1.82) is 0 Å². The number of ether oxygens (including phenoxy) is 1. The number of benzene rings is 2. The Balaban J connectivity index is 1.88. The minimum atomic E-state index is -0.578. The summed E-state index contributed by atoms with van der Waals surface area (Å²) in [4.78, 5) is 17.2. The minimum absolute atomic E-state index is 0.290. The molecule has 4 nitrogen and oxygen atoms in total. The Morgan fingerprint density at radius 3 is 2.74 bits per heavy atom. The molecule has 0 aliphatic heterocycles. The summed E-state index contributed by atoms with van der Waals surface area (Å²) in [6.07, 6.45) is 1.50. The van der Waals surface area contributed by atoms with Crippen molar-refractivity contribution in [3.05, 3.63) is 62.6 Å². The second-order valence-electron chi connectivity index (χ2n) is 5.00. The molecule has 1 aliphatic rings. The van der Waals surface area contributed by atoms with E-state index in [9.17, 15) is 4.79 Å². The van der Waals surface area contributed by atoms with Gasteiger partial charge in [0.25, 0.3) is 0 Å². The van der Waals surface area contributed by atoms with Gasteiger partial charge in [-0.3, -0.25) is 0 Å². The van der Waals surface area contributed by atoms with Gasteiger partial charge < -0.3 is 9.57 Å². The summed E-state index contributed by atoms with van der Waals surface area (Å²) < 4.78 is 6.39. The Morgan fingerprint density at radius 1 is 1.22 bits per heavy atom. The van der Waals surface area contributed by atoms with Crippen LogP contribution >= 0.6 is 27.5 Å². The maximum Gasteiger partial charge on any atom is 0.367 e. The first-order valence-electron chi connectivity index (χ1n) is 7.00. The first-order chi connectivity index (χ1) is 11.1. The van der Waals surface area contributed by atoms with Crippen LogP contribution in [0.3, 0.4) is 0 Å². The Labute approximate surface area is 147 Å². The van der Waals surface area contributed by atoms with Gasteiger partial charge in [-0.15, -0.1) is 0 Å². The number of rotatable bonds is 3. The molecule has 2 aromatic carbocycles. The maximum absolute atomic E-state index is 12.1. The predicted octanol–water partition coefficient (Wildman–Crippen LogP) is 4.62. The molecule has 0 aromatic heterocycles. The van der Waals surface area contributed by atoms with E-state index in [-0.39, 0.29) is 5.56 Å². The molecule has 1 aliphatic carbocycles. The normalized spacial score (nSPS) is 14.7. The van der Waals surface area contributed by atoms with Crippen LogP contribution < -0.4 is 4.74 Å². The molecule has 2 aromatic rings. The van der Waals surface area contributed by atoms with Crippen LogP contribution in [0, 0.1) is 0 Å². The molecule has 3 rings (SSSR count). The molecular weight excluding hydrogens is 382 g/mol. The fourth-order valence-electron chi connectivity index (χ4n) is 2.56. The predicted molar refractivity (Wildman–Crippen MR) is 92.4 cm³/mol. The number of methoxy groups -OCH3 is 1. The highest BCUT2D eigenvalue weighted by Gasteiger charge is 2.25. The van der Waals surface area contributed by atoms with E-state index in [2.05, 4.69) is 21.1 Å². The highest BCUT2D eigenvalue weighted by molar-refractivity contribution is 9.10. The molecule has 0 atom stereocenters. The molecule has 118 valence electrons. The monoisotopic (exact) mass is 393 g/mol. The van der Waals surface area contributed by atoms with Crippen molar-refractivity contribution in [2.24, 2.45) is 5.16 Å². The number of halogens is 2. The average Bonchev–Trinajstić information content (AvgIpc) is 2.98. The first-order valence-corrected chi connectivity index (χ1v) is 8.17. The lowest BCUT2D eigenvalue weighted by Gasteiger charge is -2.09. The molecule has 6 heteroatoms. The van der Waals surface area contributed by atoms with Crippen molar-refractivity contribution in [2.75, 3.05) is 7.11 Å². The van der Waals surface area contributed by atoms with Crippen LogP contribution in [-0.2, 0) is 11.3 Å². The molecule has 0 spiro atoms. The van der Waals surface area contributed by atoms with Gasteiger partial charge in [-0.1, -0.05) is 44.8 Å². The zero-order valence-electron chi connectivity index (χ0n) is 12.3. The summed E-state index contributed by atoms with van der Waals surface area (Å²) in [6, 6.07) is 10.5. The third-order valence-corrected chi connectivity index (χ3v) is 4.74. The van der Waals surface area contributed by atoms with Gasteiger partial charge in [0.05, 0.1) is 23.4 Å². The SMILES string of the molecule is COc1ccc(Br)c2c1/C(=N/OC(=O)c1ccccc1Cl)CC2. The molecule has 0 saturated carbocycles. The number of nitrogens with zero attached hydrogens (tertiary/aromatic N) is 1. The zero-order chi connectivity index (χ0) is 16.4. The van der Waals surface area contributed by atoms with Gasteiger partial charge in [0.15, 0.2) is 0 Å². The number of carbonyl (C=O) groups is 1. The van der Waals surface area contributed by atoms with Gasteiger partial charge >= 0.3 is 5.97 Å². The Kier molecular flexibility index (Phi) is 4.68. The van der Waals surface area contributed by atoms with Crippen molar-refractivity contribution in [3.63, 3.8) is 0 Å². The first kappa shape index (κ1) is 16.0. The maximum atomic E-state index is 12.1. The lowest BCUT2D eigenvalue weighted by atomic mass is 10.1. The van der Waals surface area contributed by atoms with Crippen molar-refractivity contribution in [2.45, 2.75) is 12.8 Å². The lowest BCUT2D eigenvalue weighted by molar-refractivity contribution is 0.0516. The largest absolute Gasteiger partial charge is 0.496 e. The number of hydrogen-bond donors (Lipinski definition) is 0.